The average Bonchev–Trinajstić information content (AvgIpc) is 2.87. The zero-order chi connectivity index (χ0) is 12.5. The minimum Gasteiger partial charge on any atom is -0.480 e. The third kappa shape index (κ3) is 2.00. The van der Waals surface area contributed by atoms with Crippen molar-refractivity contribution >= 4 is 11.9 Å². The third-order valence-corrected chi connectivity index (χ3v) is 3.17. The van der Waals surface area contributed by atoms with Gasteiger partial charge in [0.2, 0.25) is 5.91 Å². The van der Waals surface area contributed by atoms with Gasteiger partial charge in [-0.1, -0.05) is 0 Å². The van der Waals surface area contributed by atoms with Crippen molar-refractivity contribution in [3.63, 3.8) is 0 Å². The number of hydrogen-bond acceptors (Lipinski definition) is 4. The summed E-state index contributed by atoms with van der Waals surface area (Å²) in [6.45, 7) is 2.10. The molecule has 0 aliphatic carbocycles. The Bertz CT molecular complexity index is 431. The van der Waals surface area contributed by atoms with Gasteiger partial charge in [-0.2, -0.15) is 5.10 Å². The van der Waals surface area contributed by atoms with Crippen LogP contribution < -0.4 is 0 Å². The topological polar surface area (TPSA) is 88.3 Å². The second-order valence-corrected chi connectivity index (χ2v) is 4.32. The summed E-state index contributed by atoms with van der Waals surface area (Å²) in [5, 5.41) is 13.0. The maximum absolute atomic E-state index is 12.0. The minimum absolute atomic E-state index is 0.0306. The molecule has 1 aromatic rings. The lowest BCUT2D eigenvalue weighted by molar-refractivity contribution is -0.155. The van der Waals surface area contributed by atoms with Crippen molar-refractivity contribution in [3.05, 3.63) is 12.7 Å². The van der Waals surface area contributed by atoms with Crippen LogP contribution in [-0.2, 0) is 16.1 Å². The number of aromatic nitrogens is 3. The van der Waals surface area contributed by atoms with Crippen molar-refractivity contribution in [2.24, 2.45) is 0 Å². The van der Waals surface area contributed by atoms with Gasteiger partial charge in [0.1, 0.15) is 24.7 Å². The molecule has 2 rings (SSSR count). The zero-order valence-corrected chi connectivity index (χ0v) is 9.54. The van der Waals surface area contributed by atoms with Gasteiger partial charge < -0.3 is 10.0 Å². The first-order chi connectivity index (χ1) is 8.04. The van der Waals surface area contributed by atoms with E-state index in [1.807, 2.05) is 0 Å². The van der Waals surface area contributed by atoms with E-state index in [-0.39, 0.29) is 12.5 Å². The van der Waals surface area contributed by atoms with E-state index in [0.29, 0.717) is 19.4 Å². The fourth-order valence-electron chi connectivity index (χ4n) is 2.12. The van der Waals surface area contributed by atoms with Crippen LogP contribution in [0.5, 0.6) is 0 Å². The average molecular weight is 238 g/mol. The summed E-state index contributed by atoms with van der Waals surface area (Å²) in [5.74, 6) is -1.19. The largest absolute Gasteiger partial charge is 0.480 e. The Morgan fingerprint density at radius 3 is 2.88 bits per heavy atom. The maximum Gasteiger partial charge on any atom is 0.329 e. The standard InChI is InChI=1S/C10H14N4O3/c1-10(9(16)17)3-2-4-14(10)8(15)5-13-7-11-6-12-13/h6-7H,2-5H2,1H3,(H,16,17). The molecule has 1 aromatic heterocycles. The van der Waals surface area contributed by atoms with Crippen molar-refractivity contribution in [1.82, 2.24) is 19.7 Å². The summed E-state index contributed by atoms with van der Waals surface area (Å²) in [7, 11) is 0. The van der Waals surface area contributed by atoms with Crippen LogP contribution in [0.2, 0.25) is 0 Å². The van der Waals surface area contributed by atoms with Gasteiger partial charge in [-0.05, 0) is 19.8 Å². The molecule has 0 saturated carbocycles. The molecular weight excluding hydrogens is 224 g/mol. The molecule has 2 heterocycles. The van der Waals surface area contributed by atoms with Crippen molar-refractivity contribution in [3.8, 4) is 0 Å². The van der Waals surface area contributed by atoms with Crippen LogP contribution in [0.25, 0.3) is 0 Å². The SMILES string of the molecule is CC1(C(=O)O)CCCN1C(=O)Cn1cncn1. The first kappa shape index (κ1) is 11.6. The lowest BCUT2D eigenvalue weighted by atomic mass is 9.99. The highest BCUT2D eigenvalue weighted by atomic mass is 16.4. The molecular formula is C10H14N4O3. The van der Waals surface area contributed by atoms with Crippen molar-refractivity contribution in [1.29, 1.82) is 0 Å². The van der Waals surface area contributed by atoms with Crippen LogP contribution in [0.15, 0.2) is 12.7 Å². The molecule has 1 amide bonds. The number of rotatable bonds is 3. The van der Waals surface area contributed by atoms with Crippen LogP contribution in [0.3, 0.4) is 0 Å². The van der Waals surface area contributed by atoms with Gasteiger partial charge in [-0.15, -0.1) is 0 Å². The van der Waals surface area contributed by atoms with Crippen LogP contribution in [0, 0.1) is 0 Å². The van der Waals surface area contributed by atoms with Gasteiger partial charge >= 0.3 is 5.97 Å². The summed E-state index contributed by atoms with van der Waals surface area (Å²) >= 11 is 0. The second-order valence-electron chi connectivity index (χ2n) is 4.32. The van der Waals surface area contributed by atoms with E-state index in [9.17, 15) is 14.7 Å². The molecule has 1 aliphatic rings. The van der Waals surface area contributed by atoms with E-state index in [0.717, 1.165) is 0 Å². The number of hydrogen-bond donors (Lipinski definition) is 1. The molecule has 0 aromatic carbocycles. The summed E-state index contributed by atoms with van der Waals surface area (Å²) in [4.78, 5) is 28.4. The van der Waals surface area contributed by atoms with Gasteiger partial charge in [0.05, 0.1) is 0 Å². The first-order valence-electron chi connectivity index (χ1n) is 5.40. The molecule has 1 unspecified atom stereocenters. The molecule has 1 N–H and O–H groups in total. The van der Waals surface area contributed by atoms with Gasteiger partial charge in [0.25, 0.3) is 0 Å². The Balaban J connectivity index is 2.11. The molecule has 1 atom stereocenters. The zero-order valence-electron chi connectivity index (χ0n) is 9.54. The second kappa shape index (κ2) is 4.15. The van der Waals surface area contributed by atoms with E-state index in [1.165, 1.54) is 22.2 Å². The van der Waals surface area contributed by atoms with Gasteiger partial charge in [-0.3, -0.25) is 4.79 Å². The van der Waals surface area contributed by atoms with Crippen LogP contribution in [0.1, 0.15) is 19.8 Å². The van der Waals surface area contributed by atoms with E-state index in [1.54, 1.807) is 6.92 Å². The molecule has 92 valence electrons. The number of nitrogens with zero attached hydrogens (tertiary/aromatic N) is 4. The quantitative estimate of drug-likeness (QED) is 0.784. The molecule has 0 spiro atoms. The van der Waals surface area contributed by atoms with Gasteiger partial charge in [0.15, 0.2) is 0 Å². The van der Waals surface area contributed by atoms with Crippen molar-refractivity contribution in [2.75, 3.05) is 6.54 Å². The number of carboxylic acid groups (broad SMARTS) is 1. The lowest BCUT2D eigenvalue weighted by Gasteiger charge is -2.31. The Morgan fingerprint density at radius 1 is 1.53 bits per heavy atom. The summed E-state index contributed by atoms with van der Waals surface area (Å²) in [6.07, 6.45) is 3.98. The molecule has 1 saturated heterocycles. The van der Waals surface area contributed by atoms with Crippen LogP contribution >= 0.6 is 0 Å². The summed E-state index contributed by atoms with van der Waals surface area (Å²) in [6, 6.07) is 0. The highest BCUT2D eigenvalue weighted by Crippen LogP contribution is 2.29. The Labute approximate surface area is 98.0 Å². The number of carbonyl (C=O) groups is 2. The van der Waals surface area contributed by atoms with E-state index in [2.05, 4.69) is 10.1 Å². The fourth-order valence-corrected chi connectivity index (χ4v) is 2.12. The normalized spacial score (nSPS) is 23.9. The minimum atomic E-state index is -1.09. The Morgan fingerprint density at radius 2 is 2.29 bits per heavy atom. The number of carbonyl (C=O) groups excluding carboxylic acids is 1. The smallest absolute Gasteiger partial charge is 0.329 e. The fraction of sp³-hybridized carbons (Fsp3) is 0.600. The van der Waals surface area contributed by atoms with Crippen molar-refractivity contribution < 1.29 is 14.7 Å². The lowest BCUT2D eigenvalue weighted by Crippen LogP contribution is -2.51. The highest BCUT2D eigenvalue weighted by Gasteiger charge is 2.45. The van der Waals surface area contributed by atoms with Crippen molar-refractivity contribution in [2.45, 2.75) is 31.8 Å². The molecule has 17 heavy (non-hydrogen) atoms. The van der Waals surface area contributed by atoms with Gasteiger partial charge in [0, 0.05) is 6.54 Å². The number of likely N-dealkylation sites (tertiary alicyclic amines) is 1. The summed E-state index contributed by atoms with van der Waals surface area (Å²) < 4.78 is 1.39. The molecule has 1 fully saturated rings. The highest BCUT2D eigenvalue weighted by molar-refractivity contribution is 5.87. The van der Waals surface area contributed by atoms with Crippen LogP contribution in [0.4, 0.5) is 0 Å². The van der Waals surface area contributed by atoms with Gasteiger partial charge in [-0.25, -0.2) is 14.5 Å². The van der Waals surface area contributed by atoms with E-state index < -0.39 is 11.5 Å². The summed E-state index contributed by atoms with van der Waals surface area (Å²) in [5.41, 5.74) is -1.09. The number of amides is 1. The Hall–Kier alpha value is -1.92. The van der Waals surface area contributed by atoms with E-state index >= 15 is 0 Å². The molecule has 7 heteroatoms. The predicted octanol–water partition coefficient (Wildman–Crippen LogP) is -0.256. The number of carboxylic acids is 1. The number of aliphatic carboxylic acids is 1. The molecule has 0 bridgehead atoms. The maximum atomic E-state index is 12.0. The molecule has 1 aliphatic heterocycles. The van der Waals surface area contributed by atoms with E-state index in [4.69, 9.17) is 0 Å². The van der Waals surface area contributed by atoms with Crippen LogP contribution in [-0.4, -0.2) is 48.7 Å². The predicted molar refractivity (Wildman–Crippen MR) is 57.0 cm³/mol. The third-order valence-electron chi connectivity index (χ3n) is 3.17. The monoisotopic (exact) mass is 238 g/mol. The molecule has 7 nitrogen and oxygen atoms in total. The Kier molecular flexibility index (Phi) is 2.83. The molecule has 0 radical (unpaired) electrons. The first-order valence-corrected chi connectivity index (χ1v) is 5.40.